The van der Waals surface area contributed by atoms with E-state index in [1.165, 1.54) is 36.4 Å². The number of carbonyl (C=O) groups is 2. The van der Waals surface area contributed by atoms with Crippen LogP contribution in [0.1, 0.15) is 0 Å². The zero-order chi connectivity index (χ0) is 13.1. The van der Waals surface area contributed by atoms with E-state index >= 15 is 0 Å². The van der Waals surface area contributed by atoms with Gasteiger partial charge >= 0.3 is 0 Å². The van der Waals surface area contributed by atoms with Crippen molar-refractivity contribution in [2.45, 2.75) is 6.43 Å². The van der Waals surface area contributed by atoms with Gasteiger partial charge in [-0.05, 0) is 24.3 Å². The molecule has 1 aliphatic rings. The molecule has 1 aliphatic heterocycles. The summed E-state index contributed by atoms with van der Waals surface area (Å²) in [6, 6.07) is 5.78. The van der Waals surface area contributed by atoms with Gasteiger partial charge in [-0.25, -0.2) is 13.7 Å². The normalized spacial score (nSPS) is 14.7. The Labute approximate surface area is 101 Å². The summed E-state index contributed by atoms with van der Waals surface area (Å²) in [6.07, 6.45) is -0.205. The van der Waals surface area contributed by atoms with Crippen LogP contribution in [0.2, 0.25) is 0 Å². The van der Waals surface area contributed by atoms with E-state index in [-0.39, 0.29) is 5.75 Å². The molecule has 0 unspecified atom stereocenters. The largest absolute Gasteiger partial charge is 0.488 e. The minimum Gasteiger partial charge on any atom is -0.488 e. The van der Waals surface area contributed by atoms with Gasteiger partial charge in [-0.2, -0.15) is 0 Å². The first-order valence-electron chi connectivity index (χ1n) is 5.15. The van der Waals surface area contributed by atoms with Crippen molar-refractivity contribution in [3.05, 3.63) is 36.4 Å². The van der Waals surface area contributed by atoms with E-state index < -0.39 is 24.8 Å². The molecule has 0 N–H and O–H groups in total. The number of rotatable bonds is 4. The molecule has 0 atom stereocenters. The van der Waals surface area contributed by atoms with Gasteiger partial charge in [-0.15, -0.1) is 0 Å². The Balaban J connectivity index is 2.08. The summed E-state index contributed by atoms with van der Waals surface area (Å²) < 4.78 is 28.6. The number of hydrogen-bond acceptors (Lipinski definition) is 3. The first-order chi connectivity index (χ1) is 8.58. The van der Waals surface area contributed by atoms with E-state index in [0.29, 0.717) is 5.69 Å². The van der Waals surface area contributed by atoms with Crippen LogP contribution in [-0.4, -0.2) is 24.8 Å². The number of ether oxygens (including phenoxy) is 1. The van der Waals surface area contributed by atoms with Gasteiger partial charge in [0.1, 0.15) is 12.4 Å². The molecule has 2 amide bonds. The maximum absolute atomic E-state index is 11.9. The molecule has 0 radical (unpaired) electrons. The average molecular weight is 253 g/mol. The molecule has 0 saturated heterocycles. The topological polar surface area (TPSA) is 46.6 Å². The summed E-state index contributed by atoms with van der Waals surface area (Å²) in [5.41, 5.74) is 0.374. The zero-order valence-electron chi connectivity index (χ0n) is 9.18. The number of halogens is 2. The van der Waals surface area contributed by atoms with Crippen LogP contribution in [-0.2, 0) is 9.59 Å². The summed E-state index contributed by atoms with van der Waals surface area (Å²) >= 11 is 0. The van der Waals surface area contributed by atoms with E-state index in [1.54, 1.807) is 0 Å². The summed E-state index contributed by atoms with van der Waals surface area (Å²) in [5, 5.41) is 0. The van der Waals surface area contributed by atoms with Crippen molar-refractivity contribution in [3.63, 3.8) is 0 Å². The highest BCUT2D eigenvalue weighted by Gasteiger charge is 2.24. The van der Waals surface area contributed by atoms with Crippen molar-refractivity contribution in [1.82, 2.24) is 0 Å². The maximum Gasteiger partial charge on any atom is 0.272 e. The third-order valence-corrected chi connectivity index (χ3v) is 2.28. The number of nitrogens with zero attached hydrogens (tertiary/aromatic N) is 1. The zero-order valence-corrected chi connectivity index (χ0v) is 9.18. The Kier molecular flexibility index (Phi) is 3.36. The predicted octanol–water partition coefficient (Wildman–Crippen LogP) is 1.76. The highest BCUT2D eigenvalue weighted by atomic mass is 19.3. The van der Waals surface area contributed by atoms with Gasteiger partial charge < -0.3 is 4.74 Å². The average Bonchev–Trinajstić information content (AvgIpc) is 2.67. The predicted molar refractivity (Wildman–Crippen MR) is 59.6 cm³/mol. The quantitative estimate of drug-likeness (QED) is 0.768. The van der Waals surface area contributed by atoms with Crippen LogP contribution >= 0.6 is 0 Å². The molecule has 0 fully saturated rings. The molecule has 0 aliphatic carbocycles. The van der Waals surface area contributed by atoms with E-state index in [9.17, 15) is 18.4 Å². The second kappa shape index (κ2) is 4.95. The molecule has 0 spiro atoms. The summed E-state index contributed by atoms with van der Waals surface area (Å²) in [7, 11) is 0. The minimum atomic E-state index is -2.55. The van der Waals surface area contributed by atoms with E-state index in [4.69, 9.17) is 4.74 Å². The molecule has 1 aromatic carbocycles. The second-order valence-electron chi connectivity index (χ2n) is 3.54. The number of amides is 2. The molecule has 0 saturated carbocycles. The van der Waals surface area contributed by atoms with Crippen LogP contribution in [0.4, 0.5) is 14.5 Å². The lowest BCUT2D eigenvalue weighted by atomic mass is 10.3. The molecule has 6 heteroatoms. The SMILES string of the molecule is O=C1C=CC(=O)N1c1ccc(OCC(F)F)cc1. The maximum atomic E-state index is 11.9. The van der Waals surface area contributed by atoms with Crippen molar-refractivity contribution < 1.29 is 23.1 Å². The van der Waals surface area contributed by atoms with Crippen molar-refractivity contribution >= 4 is 17.5 Å². The molecule has 18 heavy (non-hydrogen) atoms. The molecule has 94 valence electrons. The number of anilines is 1. The highest BCUT2D eigenvalue weighted by Crippen LogP contribution is 2.22. The van der Waals surface area contributed by atoms with Crippen molar-refractivity contribution in [1.29, 1.82) is 0 Å². The van der Waals surface area contributed by atoms with E-state index in [0.717, 1.165) is 4.90 Å². The van der Waals surface area contributed by atoms with Gasteiger partial charge in [0.15, 0.2) is 0 Å². The first kappa shape index (κ1) is 12.2. The van der Waals surface area contributed by atoms with Gasteiger partial charge in [0.05, 0.1) is 5.69 Å². The molecule has 0 bridgehead atoms. The molecule has 1 heterocycles. The van der Waals surface area contributed by atoms with E-state index in [2.05, 4.69) is 0 Å². The number of hydrogen-bond donors (Lipinski definition) is 0. The molecule has 2 rings (SSSR count). The molecular weight excluding hydrogens is 244 g/mol. The second-order valence-corrected chi connectivity index (χ2v) is 3.54. The van der Waals surface area contributed by atoms with Crippen LogP contribution in [0.3, 0.4) is 0 Å². The fourth-order valence-electron chi connectivity index (χ4n) is 1.51. The lowest BCUT2D eigenvalue weighted by Crippen LogP contribution is -2.29. The van der Waals surface area contributed by atoms with E-state index in [1.807, 2.05) is 0 Å². The smallest absolute Gasteiger partial charge is 0.272 e. The number of alkyl halides is 2. The Morgan fingerprint density at radius 3 is 2.11 bits per heavy atom. The number of imide groups is 1. The van der Waals surface area contributed by atoms with Crippen molar-refractivity contribution in [3.8, 4) is 5.75 Å². The molecular formula is C12H9F2NO3. The third kappa shape index (κ3) is 2.53. The summed E-state index contributed by atoms with van der Waals surface area (Å²) in [6.45, 7) is -0.692. The lowest BCUT2D eigenvalue weighted by Gasteiger charge is -2.14. The highest BCUT2D eigenvalue weighted by molar-refractivity contribution is 6.28. The first-order valence-corrected chi connectivity index (χ1v) is 5.15. The summed E-state index contributed by atoms with van der Waals surface area (Å²) in [5.74, 6) is -0.603. The van der Waals surface area contributed by atoms with Crippen LogP contribution < -0.4 is 9.64 Å². The molecule has 4 nitrogen and oxygen atoms in total. The van der Waals surface area contributed by atoms with Gasteiger partial charge in [0, 0.05) is 12.2 Å². The monoisotopic (exact) mass is 253 g/mol. The Morgan fingerprint density at radius 2 is 1.61 bits per heavy atom. The number of benzene rings is 1. The minimum absolute atomic E-state index is 0.256. The van der Waals surface area contributed by atoms with Gasteiger partial charge in [-0.1, -0.05) is 0 Å². The molecule has 0 aromatic heterocycles. The standard InChI is InChI=1S/C12H9F2NO3/c13-10(14)7-18-9-3-1-8(2-4-9)15-11(16)5-6-12(15)17/h1-6,10H,7H2. The van der Waals surface area contributed by atoms with Crippen molar-refractivity contribution in [2.24, 2.45) is 0 Å². The van der Waals surface area contributed by atoms with Gasteiger partial charge in [0.2, 0.25) is 0 Å². The fraction of sp³-hybridized carbons (Fsp3) is 0.167. The van der Waals surface area contributed by atoms with Gasteiger partial charge in [0.25, 0.3) is 18.2 Å². The van der Waals surface area contributed by atoms with Crippen LogP contribution in [0.25, 0.3) is 0 Å². The molecule has 1 aromatic rings. The number of carbonyl (C=O) groups excluding carboxylic acids is 2. The Hall–Kier alpha value is -2.24. The third-order valence-electron chi connectivity index (χ3n) is 2.28. The van der Waals surface area contributed by atoms with Crippen molar-refractivity contribution in [2.75, 3.05) is 11.5 Å². The Morgan fingerprint density at radius 1 is 1.06 bits per heavy atom. The van der Waals surface area contributed by atoms with Crippen LogP contribution in [0, 0.1) is 0 Å². The van der Waals surface area contributed by atoms with Crippen LogP contribution in [0.5, 0.6) is 5.75 Å². The fourth-order valence-corrected chi connectivity index (χ4v) is 1.51. The van der Waals surface area contributed by atoms with Crippen LogP contribution in [0.15, 0.2) is 36.4 Å². The summed E-state index contributed by atoms with van der Waals surface area (Å²) in [4.78, 5) is 23.7. The Bertz CT molecular complexity index is 479. The lowest BCUT2D eigenvalue weighted by molar-refractivity contribution is -0.119. The van der Waals surface area contributed by atoms with Gasteiger partial charge in [-0.3, -0.25) is 9.59 Å².